The summed E-state index contributed by atoms with van der Waals surface area (Å²) in [5.41, 5.74) is 0.794. The lowest BCUT2D eigenvalue weighted by Crippen LogP contribution is -2.10. The molecule has 1 aromatic heterocycles. The number of para-hydroxylation sites is 1. The van der Waals surface area contributed by atoms with Gasteiger partial charge in [0.15, 0.2) is 0 Å². The van der Waals surface area contributed by atoms with Gasteiger partial charge in [0.05, 0.1) is 34.6 Å². The minimum Gasteiger partial charge on any atom is -0.478 e. The minimum atomic E-state index is -1.24. The van der Waals surface area contributed by atoms with Gasteiger partial charge in [-0.25, -0.2) is 4.79 Å². The number of carboxylic acid groups (broad SMARTS) is 1. The molecule has 2 rings (SSSR count). The van der Waals surface area contributed by atoms with Crippen LogP contribution in [0.15, 0.2) is 30.6 Å². The maximum absolute atomic E-state index is 11.2. The Morgan fingerprint density at radius 1 is 1.38 bits per heavy atom. The molecule has 8 nitrogen and oxygen atoms in total. The van der Waals surface area contributed by atoms with Crippen LogP contribution in [0, 0.1) is 17.0 Å². The number of hydrogen-bond acceptors (Lipinski definition) is 6. The molecule has 0 bridgehead atoms. The topological polar surface area (TPSA) is 118 Å². The van der Waals surface area contributed by atoms with Gasteiger partial charge in [0.1, 0.15) is 5.69 Å². The zero-order valence-corrected chi connectivity index (χ0v) is 11.1. The molecule has 2 aromatic rings. The highest BCUT2D eigenvalue weighted by molar-refractivity contribution is 5.96. The Labute approximate surface area is 119 Å². The number of nitrogens with zero attached hydrogens (tertiary/aromatic N) is 3. The summed E-state index contributed by atoms with van der Waals surface area (Å²) in [5.74, 6) is -1.24. The molecule has 1 aromatic carbocycles. The Morgan fingerprint density at radius 3 is 2.71 bits per heavy atom. The van der Waals surface area contributed by atoms with Crippen LogP contribution in [0.5, 0.6) is 0 Å². The highest BCUT2D eigenvalue weighted by Gasteiger charge is 2.21. The normalized spacial score (nSPS) is 10.1. The summed E-state index contributed by atoms with van der Waals surface area (Å²) in [7, 11) is 0. The van der Waals surface area contributed by atoms with Gasteiger partial charge in [-0.2, -0.15) is 0 Å². The van der Waals surface area contributed by atoms with E-state index in [4.69, 9.17) is 5.11 Å². The van der Waals surface area contributed by atoms with Gasteiger partial charge in [0.2, 0.25) is 0 Å². The van der Waals surface area contributed by atoms with E-state index in [0.717, 1.165) is 5.69 Å². The lowest BCUT2D eigenvalue weighted by molar-refractivity contribution is -0.384. The zero-order chi connectivity index (χ0) is 15.4. The summed E-state index contributed by atoms with van der Waals surface area (Å²) in [6.45, 7) is 1.92. The SMILES string of the molecule is Cc1cnc(CNc2c(C(=O)O)cccc2[N+](=O)[O-])cn1. The predicted octanol–water partition coefficient (Wildman–Crippen LogP) is 2.00. The van der Waals surface area contributed by atoms with Crippen molar-refractivity contribution < 1.29 is 14.8 Å². The summed E-state index contributed by atoms with van der Waals surface area (Å²) in [6, 6.07) is 3.88. The first kappa shape index (κ1) is 14.4. The molecule has 2 N–H and O–H groups in total. The fraction of sp³-hybridized carbons (Fsp3) is 0.154. The number of rotatable bonds is 5. The van der Waals surface area contributed by atoms with Crippen LogP contribution >= 0.6 is 0 Å². The molecule has 0 fully saturated rings. The van der Waals surface area contributed by atoms with Crippen molar-refractivity contribution in [2.45, 2.75) is 13.5 Å². The van der Waals surface area contributed by atoms with E-state index in [1.165, 1.54) is 24.4 Å². The van der Waals surface area contributed by atoms with E-state index in [2.05, 4.69) is 15.3 Å². The van der Waals surface area contributed by atoms with Crippen molar-refractivity contribution in [2.24, 2.45) is 0 Å². The van der Waals surface area contributed by atoms with Gasteiger partial charge < -0.3 is 10.4 Å². The van der Waals surface area contributed by atoms with Crippen molar-refractivity contribution in [3.63, 3.8) is 0 Å². The number of hydrogen-bond donors (Lipinski definition) is 2. The van der Waals surface area contributed by atoms with E-state index in [9.17, 15) is 14.9 Å². The Bertz CT molecular complexity index is 653. The van der Waals surface area contributed by atoms with Crippen molar-refractivity contribution in [3.8, 4) is 0 Å². The monoisotopic (exact) mass is 288 g/mol. The number of nitro groups is 1. The van der Waals surface area contributed by atoms with Crippen LogP contribution in [0.4, 0.5) is 11.4 Å². The highest BCUT2D eigenvalue weighted by atomic mass is 16.6. The Balaban J connectivity index is 2.31. The van der Waals surface area contributed by atoms with Crippen molar-refractivity contribution >= 4 is 17.3 Å². The lowest BCUT2D eigenvalue weighted by Gasteiger charge is -2.09. The number of carbonyl (C=O) groups is 1. The number of aromatic nitrogens is 2. The molecule has 108 valence electrons. The van der Waals surface area contributed by atoms with Gasteiger partial charge >= 0.3 is 5.97 Å². The highest BCUT2D eigenvalue weighted by Crippen LogP contribution is 2.28. The average Bonchev–Trinajstić information content (AvgIpc) is 2.46. The molecule has 21 heavy (non-hydrogen) atoms. The smallest absolute Gasteiger partial charge is 0.338 e. The van der Waals surface area contributed by atoms with E-state index in [0.29, 0.717) is 5.69 Å². The third-order valence-corrected chi connectivity index (χ3v) is 2.75. The Morgan fingerprint density at radius 2 is 2.14 bits per heavy atom. The van der Waals surface area contributed by atoms with Crippen LogP contribution in [0.1, 0.15) is 21.7 Å². The molecule has 1 heterocycles. The fourth-order valence-electron chi connectivity index (χ4n) is 1.75. The lowest BCUT2D eigenvalue weighted by atomic mass is 10.1. The average molecular weight is 288 g/mol. The molecule has 0 spiro atoms. The predicted molar refractivity (Wildman–Crippen MR) is 74.2 cm³/mol. The fourth-order valence-corrected chi connectivity index (χ4v) is 1.75. The summed E-state index contributed by atoms with van der Waals surface area (Å²) >= 11 is 0. The summed E-state index contributed by atoms with van der Waals surface area (Å²) in [4.78, 5) is 29.7. The first-order valence-electron chi connectivity index (χ1n) is 6.01. The minimum absolute atomic E-state index is 0.0441. The maximum Gasteiger partial charge on any atom is 0.338 e. The first-order chi connectivity index (χ1) is 9.99. The molecule has 0 amide bonds. The second-order valence-corrected chi connectivity index (χ2v) is 4.26. The van der Waals surface area contributed by atoms with Gasteiger partial charge in [0, 0.05) is 12.3 Å². The molecular weight excluding hydrogens is 276 g/mol. The van der Waals surface area contributed by atoms with Gasteiger partial charge in [-0.15, -0.1) is 0 Å². The van der Waals surface area contributed by atoms with Gasteiger partial charge in [-0.3, -0.25) is 20.1 Å². The molecule has 0 aliphatic heterocycles. The molecule has 0 saturated carbocycles. The Hall–Kier alpha value is -3.03. The molecular formula is C13H12N4O4. The van der Waals surface area contributed by atoms with Crippen LogP contribution in [0.25, 0.3) is 0 Å². The zero-order valence-electron chi connectivity index (χ0n) is 11.1. The second-order valence-electron chi connectivity index (χ2n) is 4.26. The number of anilines is 1. The molecule has 8 heteroatoms. The largest absolute Gasteiger partial charge is 0.478 e. The summed E-state index contributed by atoms with van der Waals surface area (Å²) in [5, 5.41) is 22.9. The molecule has 0 atom stereocenters. The number of carboxylic acids is 1. The first-order valence-corrected chi connectivity index (χ1v) is 6.01. The van der Waals surface area contributed by atoms with E-state index in [1.807, 2.05) is 0 Å². The van der Waals surface area contributed by atoms with Crippen molar-refractivity contribution in [3.05, 3.63) is 57.7 Å². The second kappa shape index (κ2) is 5.95. The number of nitro benzene ring substituents is 1. The molecule has 0 saturated heterocycles. The van der Waals surface area contributed by atoms with E-state index < -0.39 is 10.9 Å². The van der Waals surface area contributed by atoms with Crippen molar-refractivity contribution in [1.29, 1.82) is 0 Å². The van der Waals surface area contributed by atoms with Crippen molar-refractivity contribution in [1.82, 2.24) is 9.97 Å². The van der Waals surface area contributed by atoms with Gasteiger partial charge in [-0.05, 0) is 13.0 Å². The van der Waals surface area contributed by atoms with E-state index in [-0.39, 0.29) is 23.5 Å². The van der Waals surface area contributed by atoms with Crippen LogP contribution in [-0.2, 0) is 6.54 Å². The Kier molecular flexibility index (Phi) is 4.07. The van der Waals surface area contributed by atoms with Crippen molar-refractivity contribution in [2.75, 3.05) is 5.32 Å². The van der Waals surface area contributed by atoms with Crippen LogP contribution in [0.2, 0.25) is 0 Å². The van der Waals surface area contributed by atoms with Gasteiger partial charge in [-0.1, -0.05) is 6.07 Å². The van der Waals surface area contributed by atoms with Crippen LogP contribution in [0.3, 0.4) is 0 Å². The maximum atomic E-state index is 11.2. The summed E-state index contributed by atoms with van der Waals surface area (Å²) in [6.07, 6.45) is 3.09. The van der Waals surface area contributed by atoms with Gasteiger partial charge in [0.25, 0.3) is 5.69 Å². The number of aryl methyl sites for hydroxylation is 1. The summed E-state index contributed by atoms with van der Waals surface area (Å²) < 4.78 is 0. The van der Waals surface area contributed by atoms with E-state index in [1.54, 1.807) is 13.1 Å². The number of benzene rings is 1. The third-order valence-electron chi connectivity index (χ3n) is 2.75. The number of aromatic carboxylic acids is 1. The molecule has 0 aliphatic carbocycles. The molecule has 0 aliphatic rings. The number of nitrogens with one attached hydrogen (secondary N) is 1. The van der Waals surface area contributed by atoms with Crippen LogP contribution < -0.4 is 5.32 Å². The quantitative estimate of drug-likeness (QED) is 0.638. The van der Waals surface area contributed by atoms with Crippen LogP contribution in [-0.4, -0.2) is 26.0 Å². The third kappa shape index (κ3) is 3.30. The van der Waals surface area contributed by atoms with E-state index >= 15 is 0 Å². The standard InChI is InChI=1S/C13H12N4O4/c1-8-5-15-9(6-14-8)7-16-12-10(13(18)19)3-2-4-11(12)17(20)21/h2-6,16H,7H2,1H3,(H,18,19). The molecule has 0 unspecified atom stereocenters. The molecule has 0 radical (unpaired) electrons.